The molecule has 0 aromatic rings. The fourth-order valence-corrected chi connectivity index (χ4v) is 3.05. The predicted octanol–water partition coefficient (Wildman–Crippen LogP) is 2.11. The molecule has 2 N–H and O–H groups in total. The molecule has 0 amide bonds. The second-order valence-electron chi connectivity index (χ2n) is 6.41. The van der Waals surface area contributed by atoms with E-state index in [0.717, 1.165) is 39.1 Å². The zero-order valence-electron chi connectivity index (χ0n) is 12.7. The third-order valence-electron chi connectivity index (χ3n) is 4.26. The van der Waals surface area contributed by atoms with Gasteiger partial charge in [0, 0.05) is 19.6 Å². The molecule has 0 aromatic heterocycles. The monoisotopic (exact) mass is 256 g/mol. The number of piperidine rings is 1. The van der Waals surface area contributed by atoms with Crippen LogP contribution in [0.4, 0.5) is 0 Å². The number of β-amino-alcohol motifs (C(OH)–C–C–N with tert-alkyl or cyclic N) is 1. The maximum Gasteiger partial charge on any atom is 0.0693 e. The molecular weight excluding hydrogens is 224 g/mol. The van der Waals surface area contributed by atoms with Gasteiger partial charge >= 0.3 is 0 Å². The molecule has 1 fully saturated rings. The van der Waals surface area contributed by atoms with E-state index in [4.69, 9.17) is 0 Å². The van der Waals surface area contributed by atoms with Crippen molar-refractivity contribution in [1.29, 1.82) is 0 Å². The second-order valence-corrected chi connectivity index (χ2v) is 6.41. The molecule has 1 rings (SSSR count). The van der Waals surface area contributed by atoms with Crippen molar-refractivity contribution in [3.8, 4) is 0 Å². The number of nitrogens with one attached hydrogen (secondary N) is 1. The molecule has 18 heavy (non-hydrogen) atoms. The zero-order chi connectivity index (χ0) is 13.6. The second kappa shape index (κ2) is 7.46. The zero-order valence-corrected chi connectivity index (χ0v) is 12.7. The van der Waals surface area contributed by atoms with E-state index in [-0.39, 0.29) is 6.10 Å². The van der Waals surface area contributed by atoms with Crippen molar-refractivity contribution >= 4 is 0 Å². The number of nitrogens with zero attached hydrogens (tertiary/aromatic N) is 1. The SMILES string of the molecule is CCCC(C)(CNCC)CN1CCC(C)C(O)C1. The van der Waals surface area contributed by atoms with Crippen LogP contribution in [0.1, 0.15) is 47.0 Å². The standard InChI is InChI=1S/C15H32N2O/c1-5-8-15(4,11-16-6-2)12-17-9-7-13(3)14(18)10-17/h13-14,16,18H,5-12H2,1-4H3. The fourth-order valence-electron chi connectivity index (χ4n) is 3.05. The first-order chi connectivity index (χ1) is 8.50. The summed E-state index contributed by atoms with van der Waals surface area (Å²) in [5.74, 6) is 0.465. The van der Waals surface area contributed by atoms with Crippen molar-refractivity contribution in [2.75, 3.05) is 32.7 Å². The molecule has 0 aliphatic carbocycles. The first kappa shape index (κ1) is 15.9. The lowest BCUT2D eigenvalue weighted by atomic mass is 9.83. The molecule has 1 aliphatic rings. The third kappa shape index (κ3) is 4.87. The molecule has 3 unspecified atom stereocenters. The van der Waals surface area contributed by atoms with Crippen LogP contribution in [0.2, 0.25) is 0 Å². The summed E-state index contributed by atoms with van der Waals surface area (Å²) in [6.07, 6.45) is 3.48. The van der Waals surface area contributed by atoms with Gasteiger partial charge < -0.3 is 15.3 Å². The molecule has 0 saturated carbocycles. The molecule has 3 nitrogen and oxygen atoms in total. The molecule has 0 aromatic carbocycles. The Morgan fingerprint density at radius 1 is 1.39 bits per heavy atom. The summed E-state index contributed by atoms with van der Waals surface area (Å²) in [7, 11) is 0. The Balaban J connectivity index is 2.49. The number of aliphatic hydroxyl groups excluding tert-OH is 1. The van der Waals surface area contributed by atoms with Crippen molar-refractivity contribution in [3.05, 3.63) is 0 Å². The predicted molar refractivity (Wildman–Crippen MR) is 77.8 cm³/mol. The van der Waals surface area contributed by atoms with Gasteiger partial charge in [-0.15, -0.1) is 0 Å². The topological polar surface area (TPSA) is 35.5 Å². The highest BCUT2D eigenvalue weighted by atomic mass is 16.3. The number of hydrogen-bond acceptors (Lipinski definition) is 3. The number of likely N-dealkylation sites (tertiary alicyclic amines) is 1. The van der Waals surface area contributed by atoms with E-state index < -0.39 is 0 Å². The van der Waals surface area contributed by atoms with Gasteiger partial charge in [-0.25, -0.2) is 0 Å². The Bertz CT molecular complexity index is 235. The summed E-state index contributed by atoms with van der Waals surface area (Å²) in [4.78, 5) is 2.46. The van der Waals surface area contributed by atoms with E-state index in [1.165, 1.54) is 12.8 Å². The van der Waals surface area contributed by atoms with Gasteiger partial charge in [0.2, 0.25) is 0 Å². The molecule has 3 atom stereocenters. The Kier molecular flexibility index (Phi) is 6.61. The molecular formula is C15H32N2O. The Labute approximate surface area is 113 Å². The van der Waals surface area contributed by atoms with Crippen LogP contribution < -0.4 is 5.32 Å². The van der Waals surface area contributed by atoms with Crippen molar-refractivity contribution in [3.63, 3.8) is 0 Å². The van der Waals surface area contributed by atoms with Gasteiger partial charge in [0.15, 0.2) is 0 Å². The minimum absolute atomic E-state index is 0.135. The molecule has 1 aliphatic heterocycles. The van der Waals surface area contributed by atoms with Gasteiger partial charge in [-0.1, -0.05) is 34.1 Å². The van der Waals surface area contributed by atoms with E-state index in [0.29, 0.717) is 11.3 Å². The average Bonchev–Trinajstić information content (AvgIpc) is 2.32. The van der Waals surface area contributed by atoms with Crippen LogP contribution >= 0.6 is 0 Å². The van der Waals surface area contributed by atoms with Gasteiger partial charge in [-0.05, 0) is 37.3 Å². The average molecular weight is 256 g/mol. The summed E-state index contributed by atoms with van der Waals surface area (Å²) in [5, 5.41) is 13.5. The summed E-state index contributed by atoms with van der Waals surface area (Å²) in [6, 6.07) is 0. The lowest BCUT2D eigenvalue weighted by Crippen LogP contribution is -2.49. The van der Waals surface area contributed by atoms with E-state index in [9.17, 15) is 5.11 Å². The normalized spacial score (nSPS) is 29.2. The Hall–Kier alpha value is -0.120. The number of rotatable bonds is 7. The van der Waals surface area contributed by atoms with Gasteiger partial charge in [0.1, 0.15) is 0 Å². The summed E-state index contributed by atoms with van der Waals surface area (Å²) < 4.78 is 0. The van der Waals surface area contributed by atoms with Crippen LogP contribution in [0, 0.1) is 11.3 Å². The van der Waals surface area contributed by atoms with Crippen LogP contribution in [-0.2, 0) is 0 Å². The molecule has 1 saturated heterocycles. The van der Waals surface area contributed by atoms with Gasteiger partial charge in [0.05, 0.1) is 6.10 Å². The smallest absolute Gasteiger partial charge is 0.0693 e. The van der Waals surface area contributed by atoms with Crippen LogP contribution in [-0.4, -0.2) is 48.8 Å². The van der Waals surface area contributed by atoms with Crippen LogP contribution in [0.15, 0.2) is 0 Å². The maximum absolute atomic E-state index is 9.99. The van der Waals surface area contributed by atoms with Crippen molar-refractivity contribution in [1.82, 2.24) is 10.2 Å². The number of aliphatic hydroxyl groups is 1. The van der Waals surface area contributed by atoms with Crippen molar-refractivity contribution < 1.29 is 5.11 Å². The lowest BCUT2D eigenvalue weighted by molar-refractivity contribution is 0.0108. The molecule has 0 spiro atoms. The van der Waals surface area contributed by atoms with Gasteiger partial charge in [-0.3, -0.25) is 0 Å². The number of hydrogen-bond donors (Lipinski definition) is 2. The molecule has 1 heterocycles. The quantitative estimate of drug-likeness (QED) is 0.732. The maximum atomic E-state index is 9.99. The minimum atomic E-state index is -0.135. The van der Waals surface area contributed by atoms with Crippen LogP contribution in [0.25, 0.3) is 0 Å². The van der Waals surface area contributed by atoms with Gasteiger partial charge in [0.25, 0.3) is 0 Å². The highest BCUT2D eigenvalue weighted by Gasteiger charge is 2.30. The van der Waals surface area contributed by atoms with Crippen LogP contribution in [0.5, 0.6) is 0 Å². The first-order valence-electron chi connectivity index (χ1n) is 7.62. The Morgan fingerprint density at radius 3 is 2.67 bits per heavy atom. The third-order valence-corrected chi connectivity index (χ3v) is 4.26. The summed E-state index contributed by atoms with van der Waals surface area (Å²) in [6.45, 7) is 14.2. The molecule has 108 valence electrons. The summed E-state index contributed by atoms with van der Waals surface area (Å²) in [5.41, 5.74) is 0.338. The van der Waals surface area contributed by atoms with E-state index >= 15 is 0 Å². The highest BCUT2D eigenvalue weighted by Crippen LogP contribution is 2.26. The largest absolute Gasteiger partial charge is 0.392 e. The minimum Gasteiger partial charge on any atom is -0.392 e. The molecule has 3 heteroatoms. The van der Waals surface area contributed by atoms with E-state index in [1.54, 1.807) is 0 Å². The highest BCUT2D eigenvalue weighted by molar-refractivity contribution is 4.85. The van der Waals surface area contributed by atoms with Crippen molar-refractivity contribution in [2.45, 2.75) is 53.1 Å². The first-order valence-corrected chi connectivity index (χ1v) is 7.62. The summed E-state index contributed by atoms with van der Waals surface area (Å²) >= 11 is 0. The fraction of sp³-hybridized carbons (Fsp3) is 1.00. The van der Waals surface area contributed by atoms with Crippen LogP contribution in [0.3, 0.4) is 0 Å². The van der Waals surface area contributed by atoms with Gasteiger partial charge in [-0.2, -0.15) is 0 Å². The van der Waals surface area contributed by atoms with E-state index in [2.05, 4.69) is 37.9 Å². The Morgan fingerprint density at radius 2 is 2.11 bits per heavy atom. The van der Waals surface area contributed by atoms with E-state index in [1.807, 2.05) is 0 Å². The molecule has 0 radical (unpaired) electrons. The van der Waals surface area contributed by atoms with Crippen molar-refractivity contribution in [2.24, 2.45) is 11.3 Å². The lowest BCUT2D eigenvalue weighted by Gasteiger charge is -2.40. The molecule has 0 bridgehead atoms.